The molecule has 0 aromatic heterocycles. The van der Waals surface area contributed by atoms with Gasteiger partial charge in [0.1, 0.15) is 0 Å². The zero-order valence-corrected chi connectivity index (χ0v) is 10.6. The van der Waals surface area contributed by atoms with Crippen molar-refractivity contribution in [1.29, 1.82) is 0 Å². The Morgan fingerprint density at radius 1 is 1.33 bits per heavy atom. The molecule has 0 radical (unpaired) electrons. The monoisotopic (exact) mass is 266 g/mol. The van der Waals surface area contributed by atoms with Crippen LogP contribution in [0.5, 0.6) is 0 Å². The van der Waals surface area contributed by atoms with E-state index in [1.165, 1.54) is 6.07 Å². The maximum atomic E-state index is 12.0. The van der Waals surface area contributed by atoms with Gasteiger partial charge in [-0.25, -0.2) is 13.1 Å². The van der Waals surface area contributed by atoms with E-state index in [1.54, 1.807) is 12.1 Å². The fraction of sp³-hybridized carbons (Fsp3) is 0.417. The van der Waals surface area contributed by atoms with Gasteiger partial charge in [-0.3, -0.25) is 4.79 Å². The smallest absolute Gasteiger partial charge is 0.240 e. The highest BCUT2D eigenvalue weighted by atomic mass is 32.2. The average molecular weight is 266 g/mol. The number of carbonyl (C=O) groups excluding carboxylic acids is 1. The number of anilines is 1. The highest BCUT2D eigenvalue weighted by Crippen LogP contribution is 2.29. The second-order valence-electron chi connectivity index (χ2n) is 4.84. The highest BCUT2D eigenvalue weighted by molar-refractivity contribution is 7.89. The summed E-state index contributed by atoms with van der Waals surface area (Å²) < 4.78 is 26.7. The predicted octanol–water partition coefficient (Wildman–Crippen LogP) is 0.869. The van der Waals surface area contributed by atoms with Gasteiger partial charge in [0.15, 0.2) is 0 Å². The van der Waals surface area contributed by atoms with Crippen LogP contribution in [0.2, 0.25) is 0 Å². The molecule has 1 aliphatic heterocycles. The standard InChI is InChI=1S/C12H14N2O3S/c15-12-6-9-5-10(3-4-11(9)14-12)18(16,17)13-7-8-1-2-8/h3-5,8,13H,1-2,6-7H2,(H,14,15). The van der Waals surface area contributed by atoms with Crippen LogP contribution in [0.15, 0.2) is 23.1 Å². The van der Waals surface area contributed by atoms with Crippen molar-refractivity contribution < 1.29 is 13.2 Å². The van der Waals surface area contributed by atoms with Gasteiger partial charge in [0, 0.05) is 12.2 Å². The minimum absolute atomic E-state index is 0.0921. The Morgan fingerprint density at radius 3 is 2.83 bits per heavy atom. The lowest BCUT2D eigenvalue weighted by Crippen LogP contribution is -2.25. The van der Waals surface area contributed by atoms with E-state index in [2.05, 4.69) is 10.0 Å². The Kier molecular flexibility index (Phi) is 2.64. The van der Waals surface area contributed by atoms with Crippen molar-refractivity contribution in [3.8, 4) is 0 Å². The number of amides is 1. The summed E-state index contributed by atoms with van der Waals surface area (Å²) >= 11 is 0. The van der Waals surface area contributed by atoms with Crippen LogP contribution in [-0.2, 0) is 21.2 Å². The number of sulfonamides is 1. The van der Waals surface area contributed by atoms with Crippen molar-refractivity contribution in [3.05, 3.63) is 23.8 Å². The van der Waals surface area contributed by atoms with Crippen LogP contribution in [0.1, 0.15) is 18.4 Å². The van der Waals surface area contributed by atoms with Crippen LogP contribution in [0, 0.1) is 5.92 Å². The number of rotatable bonds is 4. The van der Waals surface area contributed by atoms with Gasteiger partial charge in [0.2, 0.25) is 15.9 Å². The van der Waals surface area contributed by atoms with E-state index in [-0.39, 0.29) is 17.2 Å². The lowest BCUT2D eigenvalue weighted by Gasteiger charge is -2.07. The summed E-state index contributed by atoms with van der Waals surface area (Å²) in [7, 11) is -3.44. The van der Waals surface area contributed by atoms with Crippen LogP contribution < -0.4 is 10.0 Å². The van der Waals surface area contributed by atoms with Crippen molar-refractivity contribution in [2.24, 2.45) is 5.92 Å². The third kappa shape index (κ3) is 2.26. The molecule has 1 aliphatic carbocycles. The number of hydrogen-bond donors (Lipinski definition) is 2. The number of fused-ring (bicyclic) bond motifs is 1. The molecule has 3 rings (SSSR count). The van der Waals surface area contributed by atoms with Gasteiger partial charge < -0.3 is 5.32 Å². The molecule has 1 heterocycles. The molecule has 18 heavy (non-hydrogen) atoms. The SMILES string of the molecule is O=C1Cc2cc(S(=O)(=O)NCC3CC3)ccc2N1. The van der Waals surface area contributed by atoms with Crippen LogP contribution in [-0.4, -0.2) is 20.9 Å². The molecular formula is C12H14N2O3S. The van der Waals surface area contributed by atoms with E-state index < -0.39 is 10.0 Å². The third-order valence-electron chi connectivity index (χ3n) is 3.27. The first-order valence-corrected chi connectivity index (χ1v) is 7.45. The van der Waals surface area contributed by atoms with E-state index in [4.69, 9.17) is 0 Å². The second-order valence-corrected chi connectivity index (χ2v) is 6.61. The summed E-state index contributed by atoms with van der Waals surface area (Å²) in [5.41, 5.74) is 1.45. The van der Waals surface area contributed by atoms with Gasteiger partial charge in [-0.2, -0.15) is 0 Å². The molecule has 0 spiro atoms. The molecule has 96 valence electrons. The molecule has 1 amide bonds. The van der Waals surface area contributed by atoms with Crippen molar-refractivity contribution in [2.75, 3.05) is 11.9 Å². The van der Waals surface area contributed by atoms with Crippen molar-refractivity contribution in [2.45, 2.75) is 24.2 Å². The Balaban J connectivity index is 1.83. The summed E-state index contributed by atoms with van der Waals surface area (Å²) in [5.74, 6) is 0.405. The fourth-order valence-corrected chi connectivity index (χ4v) is 3.17. The fourth-order valence-electron chi connectivity index (χ4n) is 2.01. The van der Waals surface area contributed by atoms with E-state index in [9.17, 15) is 13.2 Å². The van der Waals surface area contributed by atoms with Gasteiger partial charge in [-0.15, -0.1) is 0 Å². The Labute approximate surface area is 106 Å². The lowest BCUT2D eigenvalue weighted by atomic mass is 10.2. The summed E-state index contributed by atoms with van der Waals surface area (Å²) in [6.07, 6.45) is 2.46. The molecular weight excluding hydrogens is 252 g/mol. The first kappa shape index (κ1) is 11.7. The van der Waals surface area contributed by atoms with Gasteiger partial charge in [0.05, 0.1) is 11.3 Å². The molecule has 1 saturated carbocycles. The summed E-state index contributed by atoms with van der Waals surface area (Å²) in [4.78, 5) is 11.4. The van der Waals surface area contributed by atoms with Crippen LogP contribution in [0.4, 0.5) is 5.69 Å². The first-order valence-electron chi connectivity index (χ1n) is 5.97. The van der Waals surface area contributed by atoms with E-state index in [1.807, 2.05) is 0 Å². The minimum atomic E-state index is -3.44. The molecule has 1 fully saturated rings. The van der Waals surface area contributed by atoms with Gasteiger partial charge in [-0.05, 0) is 42.5 Å². The van der Waals surface area contributed by atoms with Gasteiger partial charge in [0.25, 0.3) is 0 Å². The van der Waals surface area contributed by atoms with Crippen molar-refractivity contribution >= 4 is 21.6 Å². The zero-order chi connectivity index (χ0) is 12.8. The molecule has 1 aromatic carbocycles. The van der Waals surface area contributed by atoms with E-state index >= 15 is 0 Å². The highest BCUT2D eigenvalue weighted by Gasteiger charge is 2.25. The zero-order valence-electron chi connectivity index (χ0n) is 9.77. The van der Waals surface area contributed by atoms with Crippen molar-refractivity contribution in [3.63, 3.8) is 0 Å². The lowest BCUT2D eigenvalue weighted by molar-refractivity contribution is -0.115. The minimum Gasteiger partial charge on any atom is -0.326 e. The average Bonchev–Trinajstić information content (AvgIpc) is 3.06. The predicted molar refractivity (Wildman–Crippen MR) is 66.7 cm³/mol. The first-order chi connectivity index (χ1) is 8.54. The topological polar surface area (TPSA) is 75.3 Å². The number of carbonyl (C=O) groups is 1. The molecule has 2 aliphatic rings. The summed E-state index contributed by atoms with van der Waals surface area (Å²) in [6, 6.07) is 4.74. The molecule has 0 unspecified atom stereocenters. The maximum Gasteiger partial charge on any atom is 0.240 e. The van der Waals surface area contributed by atoms with Crippen LogP contribution >= 0.6 is 0 Å². The molecule has 2 N–H and O–H groups in total. The summed E-state index contributed by atoms with van der Waals surface area (Å²) in [5, 5.41) is 2.68. The van der Waals surface area contributed by atoms with Crippen LogP contribution in [0.3, 0.4) is 0 Å². The molecule has 1 aromatic rings. The number of nitrogens with one attached hydrogen (secondary N) is 2. The second kappa shape index (κ2) is 4.07. The van der Waals surface area contributed by atoms with E-state index in [0.717, 1.165) is 18.4 Å². The quantitative estimate of drug-likeness (QED) is 0.849. The van der Waals surface area contributed by atoms with Crippen LogP contribution in [0.25, 0.3) is 0 Å². The van der Waals surface area contributed by atoms with E-state index in [0.29, 0.717) is 18.2 Å². The third-order valence-corrected chi connectivity index (χ3v) is 4.69. The molecule has 5 nitrogen and oxygen atoms in total. The molecule has 0 bridgehead atoms. The van der Waals surface area contributed by atoms with Gasteiger partial charge >= 0.3 is 0 Å². The maximum absolute atomic E-state index is 12.0. The number of benzene rings is 1. The largest absolute Gasteiger partial charge is 0.326 e. The molecule has 0 atom stereocenters. The Morgan fingerprint density at radius 2 is 2.11 bits per heavy atom. The van der Waals surface area contributed by atoms with Crippen molar-refractivity contribution in [1.82, 2.24) is 4.72 Å². The normalized spacial score (nSPS) is 18.6. The Bertz CT molecular complexity index is 606. The number of hydrogen-bond acceptors (Lipinski definition) is 3. The molecule has 6 heteroatoms. The summed E-state index contributed by atoms with van der Waals surface area (Å²) in [6.45, 7) is 0.511. The molecule has 0 saturated heterocycles. The van der Waals surface area contributed by atoms with Gasteiger partial charge in [-0.1, -0.05) is 0 Å². The Hall–Kier alpha value is -1.40.